The molecule has 0 aliphatic carbocycles. The standard InChI is InChI=1S/C24H22FN3O2/c1-3-30-23-20(16-6-5-9-19(25)12-16)10-11-22(27-23)24(29)28(2)15-18-8-4-7-17-13-26-14-21(17)18/h4-13H,3,14-15H2,1-2H3. The molecule has 1 amide bonds. The molecular weight excluding hydrogens is 381 g/mol. The number of carbonyl (C=O) groups is 1. The lowest BCUT2D eigenvalue weighted by molar-refractivity contribution is 0.0778. The highest BCUT2D eigenvalue weighted by molar-refractivity contribution is 5.93. The summed E-state index contributed by atoms with van der Waals surface area (Å²) in [5.41, 5.74) is 4.91. The Morgan fingerprint density at radius 2 is 2.00 bits per heavy atom. The number of hydrogen-bond acceptors (Lipinski definition) is 4. The average molecular weight is 403 g/mol. The van der Waals surface area contributed by atoms with Gasteiger partial charge in [0.1, 0.15) is 11.5 Å². The molecule has 0 saturated heterocycles. The first-order chi connectivity index (χ1) is 14.6. The zero-order valence-corrected chi connectivity index (χ0v) is 16.9. The molecule has 30 heavy (non-hydrogen) atoms. The quantitative estimate of drug-likeness (QED) is 0.609. The van der Waals surface area contributed by atoms with Crippen LogP contribution in [0.2, 0.25) is 0 Å². The molecule has 2 aromatic carbocycles. The van der Waals surface area contributed by atoms with Crippen molar-refractivity contribution >= 4 is 12.1 Å². The second-order valence-corrected chi connectivity index (χ2v) is 7.11. The van der Waals surface area contributed by atoms with Crippen molar-refractivity contribution in [3.63, 3.8) is 0 Å². The summed E-state index contributed by atoms with van der Waals surface area (Å²) in [6.45, 7) is 3.33. The number of fused-ring (bicyclic) bond motifs is 1. The maximum atomic E-state index is 13.7. The molecule has 0 saturated carbocycles. The third kappa shape index (κ3) is 3.94. The molecule has 0 fully saturated rings. The second kappa shape index (κ2) is 8.45. The molecule has 6 heteroatoms. The first-order valence-corrected chi connectivity index (χ1v) is 9.82. The van der Waals surface area contributed by atoms with Gasteiger partial charge in [-0.1, -0.05) is 30.3 Å². The minimum Gasteiger partial charge on any atom is -0.478 e. The lowest BCUT2D eigenvalue weighted by Crippen LogP contribution is -2.27. The molecule has 0 spiro atoms. The van der Waals surface area contributed by atoms with Gasteiger partial charge in [0.05, 0.1) is 13.2 Å². The van der Waals surface area contributed by atoms with Crippen LogP contribution in [0.15, 0.2) is 59.6 Å². The number of carbonyl (C=O) groups excluding carboxylic acids is 1. The number of benzene rings is 2. The van der Waals surface area contributed by atoms with E-state index >= 15 is 0 Å². The van der Waals surface area contributed by atoms with Crippen LogP contribution in [-0.4, -0.2) is 35.7 Å². The first-order valence-electron chi connectivity index (χ1n) is 9.82. The minimum absolute atomic E-state index is 0.210. The normalized spacial score (nSPS) is 12.0. The molecule has 2 heterocycles. The summed E-state index contributed by atoms with van der Waals surface area (Å²) in [7, 11) is 1.75. The number of aliphatic imine (C=N–C) groups is 1. The first kappa shape index (κ1) is 19.8. The highest BCUT2D eigenvalue weighted by Crippen LogP contribution is 2.29. The Balaban J connectivity index is 1.59. The number of hydrogen-bond donors (Lipinski definition) is 0. The summed E-state index contributed by atoms with van der Waals surface area (Å²) in [5, 5.41) is 0. The molecule has 3 aromatic rings. The summed E-state index contributed by atoms with van der Waals surface area (Å²) < 4.78 is 19.3. The minimum atomic E-state index is -0.339. The number of rotatable bonds is 6. The van der Waals surface area contributed by atoms with Crippen LogP contribution in [0.4, 0.5) is 4.39 Å². The lowest BCUT2D eigenvalue weighted by Gasteiger charge is -2.19. The summed E-state index contributed by atoms with van der Waals surface area (Å²) in [4.78, 5) is 23.4. The van der Waals surface area contributed by atoms with Crippen molar-refractivity contribution in [3.8, 4) is 17.0 Å². The topological polar surface area (TPSA) is 54.8 Å². The van der Waals surface area contributed by atoms with Crippen LogP contribution in [0, 0.1) is 5.82 Å². The largest absolute Gasteiger partial charge is 0.478 e. The van der Waals surface area contributed by atoms with E-state index in [9.17, 15) is 9.18 Å². The van der Waals surface area contributed by atoms with Gasteiger partial charge in [0.15, 0.2) is 0 Å². The van der Waals surface area contributed by atoms with E-state index in [0.29, 0.717) is 36.7 Å². The number of aromatic nitrogens is 1. The highest BCUT2D eigenvalue weighted by atomic mass is 19.1. The van der Waals surface area contributed by atoms with Gasteiger partial charge in [-0.05, 0) is 53.4 Å². The van der Waals surface area contributed by atoms with Gasteiger partial charge in [-0.25, -0.2) is 9.37 Å². The molecule has 0 bridgehead atoms. The van der Waals surface area contributed by atoms with Crippen LogP contribution >= 0.6 is 0 Å². The summed E-state index contributed by atoms with van der Waals surface area (Å²) in [6, 6.07) is 15.6. The van der Waals surface area contributed by atoms with Gasteiger partial charge in [-0.2, -0.15) is 0 Å². The maximum absolute atomic E-state index is 13.7. The van der Waals surface area contributed by atoms with Gasteiger partial charge in [0.2, 0.25) is 5.88 Å². The Morgan fingerprint density at radius 3 is 2.80 bits per heavy atom. The fraction of sp³-hybridized carbons (Fsp3) is 0.208. The molecule has 152 valence electrons. The van der Waals surface area contributed by atoms with E-state index in [-0.39, 0.29) is 17.4 Å². The van der Waals surface area contributed by atoms with Crippen LogP contribution in [0.3, 0.4) is 0 Å². The van der Waals surface area contributed by atoms with Crippen LogP contribution in [0.5, 0.6) is 5.88 Å². The SMILES string of the molecule is CCOc1nc(C(=O)N(C)Cc2cccc3c2CN=C3)ccc1-c1cccc(F)c1. The van der Waals surface area contributed by atoms with Gasteiger partial charge in [0, 0.05) is 25.4 Å². The predicted molar refractivity (Wildman–Crippen MR) is 114 cm³/mol. The number of amides is 1. The maximum Gasteiger partial charge on any atom is 0.272 e. The van der Waals surface area contributed by atoms with Crippen LogP contribution in [0.1, 0.15) is 34.1 Å². The van der Waals surface area contributed by atoms with Crippen LogP contribution in [-0.2, 0) is 13.1 Å². The Morgan fingerprint density at radius 1 is 1.17 bits per heavy atom. The highest BCUT2D eigenvalue weighted by Gasteiger charge is 2.19. The zero-order valence-electron chi connectivity index (χ0n) is 16.9. The molecule has 1 aromatic heterocycles. The molecule has 0 radical (unpaired) electrons. The number of halogens is 1. The zero-order chi connectivity index (χ0) is 21.1. The van der Waals surface area contributed by atoms with E-state index in [1.807, 2.05) is 31.3 Å². The van der Waals surface area contributed by atoms with E-state index in [0.717, 1.165) is 16.7 Å². The third-order valence-corrected chi connectivity index (χ3v) is 5.04. The van der Waals surface area contributed by atoms with Crippen molar-refractivity contribution in [2.75, 3.05) is 13.7 Å². The Bertz CT molecular complexity index is 1130. The summed E-state index contributed by atoms with van der Waals surface area (Å²) in [5.74, 6) is -0.233. The van der Waals surface area contributed by atoms with Gasteiger partial charge < -0.3 is 9.64 Å². The molecule has 5 nitrogen and oxygen atoms in total. The Kier molecular flexibility index (Phi) is 5.57. The molecule has 1 aliphatic rings. The van der Waals surface area contributed by atoms with Crippen molar-refractivity contribution in [2.24, 2.45) is 4.99 Å². The van der Waals surface area contributed by atoms with E-state index in [4.69, 9.17) is 4.74 Å². The van der Waals surface area contributed by atoms with Gasteiger partial charge in [0.25, 0.3) is 5.91 Å². The van der Waals surface area contributed by atoms with Crippen LogP contribution in [0.25, 0.3) is 11.1 Å². The lowest BCUT2D eigenvalue weighted by atomic mass is 10.0. The summed E-state index contributed by atoms with van der Waals surface area (Å²) in [6.07, 6.45) is 1.86. The molecule has 0 N–H and O–H groups in total. The summed E-state index contributed by atoms with van der Waals surface area (Å²) >= 11 is 0. The van der Waals surface area contributed by atoms with Crippen molar-refractivity contribution < 1.29 is 13.9 Å². The third-order valence-electron chi connectivity index (χ3n) is 5.04. The van der Waals surface area contributed by atoms with Crippen molar-refractivity contribution in [3.05, 3.63) is 82.8 Å². The number of pyridine rings is 1. The number of nitrogens with zero attached hydrogens (tertiary/aromatic N) is 3. The Labute approximate surface area is 174 Å². The molecule has 0 unspecified atom stereocenters. The predicted octanol–water partition coefficient (Wildman–Crippen LogP) is 4.49. The Hall–Kier alpha value is -3.54. The second-order valence-electron chi connectivity index (χ2n) is 7.11. The van der Waals surface area contributed by atoms with Crippen molar-refractivity contribution in [1.29, 1.82) is 0 Å². The smallest absolute Gasteiger partial charge is 0.272 e. The monoisotopic (exact) mass is 403 g/mol. The fourth-order valence-corrected chi connectivity index (χ4v) is 3.56. The number of ether oxygens (including phenoxy) is 1. The van der Waals surface area contributed by atoms with E-state index in [1.54, 1.807) is 36.2 Å². The van der Waals surface area contributed by atoms with E-state index < -0.39 is 0 Å². The molecule has 0 atom stereocenters. The molecule has 1 aliphatic heterocycles. The van der Waals surface area contributed by atoms with Gasteiger partial charge in [-0.3, -0.25) is 9.79 Å². The van der Waals surface area contributed by atoms with E-state index in [1.165, 1.54) is 12.1 Å². The van der Waals surface area contributed by atoms with Gasteiger partial charge >= 0.3 is 0 Å². The van der Waals surface area contributed by atoms with Crippen molar-refractivity contribution in [1.82, 2.24) is 9.88 Å². The molecular formula is C24H22FN3O2. The van der Waals surface area contributed by atoms with Crippen LogP contribution < -0.4 is 4.74 Å². The molecule has 4 rings (SSSR count). The fourth-order valence-electron chi connectivity index (χ4n) is 3.56. The van der Waals surface area contributed by atoms with E-state index in [2.05, 4.69) is 9.98 Å². The van der Waals surface area contributed by atoms with Gasteiger partial charge in [-0.15, -0.1) is 0 Å². The average Bonchev–Trinajstić information content (AvgIpc) is 3.23. The van der Waals surface area contributed by atoms with Crippen molar-refractivity contribution in [2.45, 2.75) is 20.0 Å².